The number of hydrogen-bond acceptors (Lipinski definition) is 4. The Bertz CT molecular complexity index is 830. The number of aliphatic imine (C=N–C) groups is 1. The molecule has 150 valence electrons. The molecule has 28 heavy (non-hydrogen) atoms. The van der Waals surface area contributed by atoms with E-state index in [0.29, 0.717) is 19.2 Å². The molecule has 1 unspecified atom stereocenters. The van der Waals surface area contributed by atoms with Gasteiger partial charge < -0.3 is 25.3 Å². The molecular weight excluding hydrogens is 368 g/mol. The van der Waals surface area contributed by atoms with Crippen LogP contribution >= 0.6 is 0 Å². The summed E-state index contributed by atoms with van der Waals surface area (Å²) in [6.07, 6.45) is 0.779. The van der Waals surface area contributed by atoms with E-state index in [-0.39, 0.29) is 24.1 Å². The SMILES string of the molecule is CCOc1cc(CN=C(N)NC2CCOc3ccccc32)ccc1OC(F)F. The predicted molar refractivity (Wildman–Crippen MR) is 102 cm³/mol. The highest BCUT2D eigenvalue weighted by Gasteiger charge is 2.21. The van der Waals surface area contributed by atoms with Crippen LogP contribution in [-0.4, -0.2) is 25.8 Å². The number of benzene rings is 2. The lowest BCUT2D eigenvalue weighted by Crippen LogP contribution is -2.37. The zero-order valence-corrected chi connectivity index (χ0v) is 15.5. The second-order valence-corrected chi connectivity index (χ2v) is 6.17. The van der Waals surface area contributed by atoms with Crippen molar-refractivity contribution < 1.29 is 23.0 Å². The average Bonchev–Trinajstić information content (AvgIpc) is 2.68. The van der Waals surface area contributed by atoms with Gasteiger partial charge in [-0.2, -0.15) is 8.78 Å². The molecule has 0 bridgehead atoms. The molecule has 0 amide bonds. The zero-order chi connectivity index (χ0) is 19.9. The summed E-state index contributed by atoms with van der Waals surface area (Å²) in [5.41, 5.74) is 7.85. The Hall–Kier alpha value is -3.03. The van der Waals surface area contributed by atoms with Crippen LogP contribution in [0.3, 0.4) is 0 Å². The van der Waals surface area contributed by atoms with E-state index in [0.717, 1.165) is 23.3 Å². The van der Waals surface area contributed by atoms with Crippen molar-refractivity contribution in [3.8, 4) is 17.2 Å². The summed E-state index contributed by atoms with van der Waals surface area (Å²) in [5.74, 6) is 1.39. The number of nitrogens with zero attached hydrogens (tertiary/aromatic N) is 1. The van der Waals surface area contributed by atoms with Crippen molar-refractivity contribution in [2.45, 2.75) is 32.5 Å². The summed E-state index contributed by atoms with van der Waals surface area (Å²) in [7, 11) is 0. The highest BCUT2D eigenvalue weighted by atomic mass is 19.3. The Morgan fingerprint density at radius 2 is 2.11 bits per heavy atom. The van der Waals surface area contributed by atoms with Gasteiger partial charge in [0.15, 0.2) is 17.5 Å². The first-order chi connectivity index (χ1) is 13.6. The predicted octanol–water partition coefficient (Wildman–Crippen LogP) is 3.61. The lowest BCUT2D eigenvalue weighted by molar-refractivity contribution is -0.0514. The van der Waals surface area contributed by atoms with Crippen molar-refractivity contribution in [2.24, 2.45) is 10.7 Å². The van der Waals surface area contributed by atoms with E-state index in [9.17, 15) is 8.78 Å². The number of guanidine groups is 1. The molecule has 0 aromatic heterocycles. The topological polar surface area (TPSA) is 78.1 Å². The monoisotopic (exact) mass is 391 g/mol. The maximum Gasteiger partial charge on any atom is 0.387 e. The number of halogens is 2. The molecule has 3 N–H and O–H groups in total. The first-order valence-corrected chi connectivity index (χ1v) is 9.05. The third-order valence-corrected chi connectivity index (χ3v) is 4.24. The molecule has 0 radical (unpaired) electrons. The smallest absolute Gasteiger partial charge is 0.387 e. The van der Waals surface area contributed by atoms with Gasteiger partial charge in [-0.1, -0.05) is 24.3 Å². The van der Waals surface area contributed by atoms with Crippen LogP contribution in [0.4, 0.5) is 8.78 Å². The average molecular weight is 391 g/mol. The summed E-state index contributed by atoms with van der Waals surface area (Å²) in [5, 5.41) is 3.22. The molecule has 1 aliphatic heterocycles. The number of hydrogen-bond donors (Lipinski definition) is 2. The molecule has 8 heteroatoms. The van der Waals surface area contributed by atoms with Crippen LogP contribution < -0.4 is 25.3 Å². The Morgan fingerprint density at radius 1 is 1.29 bits per heavy atom. The fourth-order valence-electron chi connectivity index (χ4n) is 3.01. The number of alkyl halides is 2. The van der Waals surface area contributed by atoms with Crippen LogP contribution in [0.15, 0.2) is 47.5 Å². The Kier molecular flexibility index (Phi) is 6.52. The van der Waals surface area contributed by atoms with Crippen LogP contribution in [-0.2, 0) is 6.54 Å². The van der Waals surface area contributed by atoms with E-state index >= 15 is 0 Å². The summed E-state index contributed by atoms with van der Waals surface area (Å²) >= 11 is 0. The maximum absolute atomic E-state index is 12.5. The zero-order valence-electron chi connectivity index (χ0n) is 15.5. The second-order valence-electron chi connectivity index (χ2n) is 6.17. The third kappa shape index (κ3) is 5.03. The lowest BCUT2D eigenvalue weighted by atomic mass is 10.0. The number of rotatable bonds is 7. The fourth-order valence-corrected chi connectivity index (χ4v) is 3.01. The summed E-state index contributed by atoms with van der Waals surface area (Å²) in [4.78, 5) is 4.35. The first-order valence-electron chi connectivity index (χ1n) is 9.05. The number of nitrogens with one attached hydrogen (secondary N) is 1. The molecule has 3 rings (SSSR count). The molecule has 2 aromatic carbocycles. The minimum atomic E-state index is -2.91. The number of para-hydroxylation sites is 1. The van der Waals surface area contributed by atoms with Gasteiger partial charge in [-0.25, -0.2) is 4.99 Å². The van der Waals surface area contributed by atoms with Gasteiger partial charge in [0.25, 0.3) is 0 Å². The van der Waals surface area contributed by atoms with Crippen molar-refractivity contribution in [1.29, 1.82) is 0 Å². The summed E-state index contributed by atoms with van der Waals surface area (Å²) in [6.45, 7) is 0.0682. The molecular formula is C20H23F2N3O3. The van der Waals surface area contributed by atoms with Crippen molar-refractivity contribution in [1.82, 2.24) is 5.32 Å². The number of fused-ring (bicyclic) bond motifs is 1. The van der Waals surface area contributed by atoms with Crippen molar-refractivity contribution in [3.05, 3.63) is 53.6 Å². The summed E-state index contributed by atoms with van der Waals surface area (Å²) in [6, 6.07) is 12.5. The third-order valence-electron chi connectivity index (χ3n) is 4.24. The number of ether oxygens (including phenoxy) is 3. The molecule has 1 aliphatic rings. The highest BCUT2D eigenvalue weighted by Crippen LogP contribution is 2.32. The first kappa shape index (κ1) is 19.7. The molecule has 0 fully saturated rings. The van der Waals surface area contributed by atoms with E-state index < -0.39 is 6.61 Å². The fraction of sp³-hybridized carbons (Fsp3) is 0.350. The van der Waals surface area contributed by atoms with E-state index in [1.165, 1.54) is 6.07 Å². The van der Waals surface area contributed by atoms with Crippen molar-refractivity contribution in [3.63, 3.8) is 0 Å². The molecule has 0 spiro atoms. The molecule has 0 aliphatic carbocycles. The van der Waals surface area contributed by atoms with Crippen LogP contribution in [0.1, 0.15) is 30.5 Å². The van der Waals surface area contributed by atoms with Gasteiger partial charge in [-0.05, 0) is 30.7 Å². The lowest BCUT2D eigenvalue weighted by Gasteiger charge is -2.26. The van der Waals surface area contributed by atoms with Gasteiger partial charge in [0.2, 0.25) is 0 Å². The van der Waals surface area contributed by atoms with Gasteiger partial charge in [-0.3, -0.25) is 0 Å². The molecule has 2 aromatic rings. The van der Waals surface area contributed by atoms with Gasteiger partial charge in [0, 0.05) is 12.0 Å². The van der Waals surface area contributed by atoms with Gasteiger partial charge in [0.05, 0.1) is 25.8 Å². The molecule has 6 nitrogen and oxygen atoms in total. The normalized spacial score (nSPS) is 16.3. The minimum Gasteiger partial charge on any atom is -0.493 e. The van der Waals surface area contributed by atoms with E-state index in [2.05, 4.69) is 15.0 Å². The Balaban J connectivity index is 1.67. The Morgan fingerprint density at radius 3 is 2.89 bits per heavy atom. The molecule has 1 heterocycles. The second kappa shape index (κ2) is 9.25. The van der Waals surface area contributed by atoms with Crippen LogP contribution in [0.2, 0.25) is 0 Å². The van der Waals surface area contributed by atoms with Crippen LogP contribution in [0.25, 0.3) is 0 Å². The van der Waals surface area contributed by atoms with Crippen LogP contribution in [0.5, 0.6) is 17.2 Å². The quantitative estimate of drug-likeness (QED) is 0.557. The molecule has 0 saturated heterocycles. The van der Waals surface area contributed by atoms with E-state index in [1.54, 1.807) is 19.1 Å². The van der Waals surface area contributed by atoms with E-state index in [4.69, 9.17) is 15.2 Å². The van der Waals surface area contributed by atoms with Gasteiger partial charge >= 0.3 is 6.61 Å². The minimum absolute atomic E-state index is 0.00510. The maximum atomic E-state index is 12.5. The molecule has 0 saturated carbocycles. The van der Waals surface area contributed by atoms with Crippen molar-refractivity contribution >= 4 is 5.96 Å². The standard InChI is InChI=1S/C20H23F2N3O3/c1-2-26-18-11-13(7-8-17(18)28-19(21)22)12-24-20(23)25-15-9-10-27-16-6-4-3-5-14(15)16/h3-8,11,15,19H,2,9-10,12H2,1H3,(H3,23,24,25). The Labute approximate surface area is 162 Å². The van der Waals surface area contributed by atoms with E-state index in [1.807, 2.05) is 24.3 Å². The van der Waals surface area contributed by atoms with Gasteiger partial charge in [0.1, 0.15) is 5.75 Å². The van der Waals surface area contributed by atoms with Crippen LogP contribution in [0, 0.1) is 0 Å². The van der Waals surface area contributed by atoms with Crippen molar-refractivity contribution in [2.75, 3.05) is 13.2 Å². The highest BCUT2D eigenvalue weighted by molar-refractivity contribution is 5.78. The largest absolute Gasteiger partial charge is 0.493 e. The van der Waals surface area contributed by atoms with Gasteiger partial charge in [-0.15, -0.1) is 0 Å². The molecule has 1 atom stereocenters. The summed E-state index contributed by atoms with van der Waals surface area (Å²) < 4.78 is 40.5. The number of nitrogens with two attached hydrogens (primary N) is 1.